The van der Waals surface area contributed by atoms with E-state index in [1.165, 1.54) is 6.33 Å². The van der Waals surface area contributed by atoms with Gasteiger partial charge in [-0.15, -0.1) is 0 Å². The Labute approximate surface area is 89.1 Å². The van der Waals surface area contributed by atoms with Crippen LogP contribution in [-0.4, -0.2) is 28.8 Å². The lowest BCUT2D eigenvalue weighted by Crippen LogP contribution is -2.33. The van der Waals surface area contributed by atoms with E-state index in [-0.39, 0.29) is 11.2 Å². The zero-order valence-electron chi connectivity index (χ0n) is 8.86. The van der Waals surface area contributed by atoms with E-state index in [1.54, 1.807) is 12.4 Å². The van der Waals surface area contributed by atoms with Gasteiger partial charge >= 0.3 is 0 Å². The molecule has 1 aliphatic rings. The second kappa shape index (κ2) is 4.06. The van der Waals surface area contributed by atoms with Crippen LogP contribution in [0.2, 0.25) is 0 Å². The van der Waals surface area contributed by atoms with Crippen molar-refractivity contribution in [3.8, 4) is 0 Å². The Morgan fingerprint density at radius 1 is 1.53 bits per heavy atom. The van der Waals surface area contributed by atoms with Crippen LogP contribution < -0.4 is 5.32 Å². The van der Waals surface area contributed by atoms with Crippen molar-refractivity contribution in [1.29, 1.82) is 0 Å². The summed E-state index contributed by atoms with van der Waals surface area (Å²) < 4.78 is 0. The maximum Gasteiger partial charge on any atom is 0.173 e. The summed E-state index contributed by atoms with van der Waals surface area (Å²) in [5, 5.41) is 3.25. The van der Waals surface area contributed by atoms with Crippen LogP contribution in [0.3, 0.4) is 0 Å². The van der Waals surface area contributed by atoms with E-state index >= 15 is 0 Å². The molecule has 2 rings (SSSR count). The summed E-state index contributed by atoms with van der Waals surface area (Å²) >= 11 is 0. The Morgan fingerprint density at radius 3 is 2.80 bits per heavy atom. The Balaban J connectivity index is 2.27. The summed E-state index contributed by atoms with van der Waals surface area (Å²) in [5.41, 5.74) is 0.396. The standard InChI is InChI=1S/C11H15N3O/c1-2-11(3-4-12-7-11)10(15)9-5-13-8-14-6-9/h5-6,8,12H,2-4,7H2,1H3. The molecule has 4 nitrogen and oxygen atoms in total. The molecule has 1 saturated heterocycles. The van der Waals surface area contributed by atoms with Crippen molar-refractivity contribution in [3.05, 3.63) is 24.3 Å². The average molecular weight is 205 g/mol. The molecule has 1 atom stereocenters. The normalized spacial score (nSPS) is 25.4. The topological polar surface area (TPSA) is 54.9 Å². The number of nitrogens with zero attached hydrogens (tertiary/aromatic N) is 2. The smallest absolute Gasteiger partial charge is 0.173 e. The van der Waals surface area contributed by atoms with Crippen molar-refractivity contribution in [2.75, 3.05) is 13.1 Å². The second-order valence-corrected chi connectivity index (χ2v) is 4.02. The lowest BCUT2D eigenvalue weighted by Gasteiger charge is -2.24. The molecule has 80 valence electrons. The predicted octanol–water partition coefficient (Wildman–Crippen LogP) is 1.05. The molecule has 1 N–H and O–H groups in total. The van der Waals surface area contributed by atoms with E-state index in [4.69, 9.17) is 0 Å². The molecule has 0 amide bonds. The molecule has 0 radical (unpaired) electrons. The maximum absolute atomic E-state index is 12.3. The van der Waals surface area contributed by atoms with Crippen LogP contribution in [-0.2, 0) is 0 Å². The molecule has 1 aliphatic heterocycles. The van der Waals surface area contributed by atoms with Crippen molar-refractivity contribution in [3.63, 3.8) is 0 Å². The number of Topliss-reactive ketones (excluding diaryl/α,β-unsaturated/α-hetero) is 1. The van der Waals surface area contributed by atoms with Crippen molar-refractivity contribution in [2.45, 2.75) is 19.8 Å². The summed E-state index contributed by atoms with van der Waals surface area (Å²) in [6.07, 6.45) is 6.43. The van der Waals surface area contributed by atoms with E-state index < -0.39 is 0 Å². The SMILES string of the molecule is CCC1(C(=O)c2cncnc2)CCNC1. The summed E-state index contributed by atoms with van der Waals surface area (Å²) in [6, 6.07) is 0. The third kappa shape index (κ3) is 1.77. The molecule has 15 heavy (non-hydrogen) atoms. The van der Waals surface area contributed by atoms with Gasteiger partial charge in [-0.1, -0.05) is 6.92 Å². The van der Waals surface area contributed by atoms with Crippen molar-refractivity contribution in [2.24, 2.45) is 5.41 Å². The fraction of sp³-hybridized carbons (Fsp3) is 0.545. The Bertz CT molecular complexity index is 344. The summed E-state index contributed by atoms with van der Waals surface area (Å²) in [5.74, 6) is 0.176. The summed E-state index contributed by atoms with van der Waals surface area (Å²) in [7, 11) is 0. The van der Waals surface area contributed by atoms with Crippen LogP contribution in [0.25, 0.3) is 0 Å². The highest BCUT2D eigenvalue weighted by Gasteiger charge is 2.39. The molecule has 0 aliphatic carbocycles. The van der Waals surface area contributed by atoms with Gasteiger partial charge in [0.1, 0.15) is 6.33 Å². The van der Waals surface area contributed by atoms with E-state index in [0.717, 1.165) is 25.9 Å². The van der Waals surface area contributed by atoms with Gasteiger partial charge < -0.3 is 5.32 Å². The van der Waals surface area contributed by atoms with Gasteiger partial charge in [-0.3, -0.25) is 4.79 Å². The number of aromatic nitrogens is 2. The van der Waals surface area contributed by atoms with Gasteiger partial charge in [-0.25, -0.2) is 9.97 Å². The lowest BCUT2D eigenvalue weighted by molar-refractivity contribution is 0.0809. The minimum absolute atomic E-state index is 0.176. The molecule has 1 fully saturated rings. The minimum Gasteiger partial charge on any atom is -0.316 e. The zero-order chi connectivity index (χ0) is 10.7. The van der Waals surface area contributed by atoms with Gasteiger partial charge in [-0.05, 0) is 19.4 Å². The first kappa shape index (κ1) is 10.2. The van der Waals surface area contributed by atoms with Gasteiger partial charge in [0.2, 0.25) is 0 Å². The van der Waals surface area contributed by atoms with Crippen LogP contribution in [0.4, 0.5) is 0 Å². The number of rotatable bonds is 3. The highest BCUT2D eigenvalue weighted by atomic mass is 16.1. The molecular formula is C11H15N3O. The van der Waals surface area contributed by atoms with Crippen LogP contribution >= 0.6 is 0 Å². The monoisotopic (exact) mass is 205 g/mol. The van der Waals surface area contributed by atoms with Gasteiger partial charge in [-0.2, -0.15) is 0 Å². The van der Waals surface area contributed by atoms with Crippen LogP contribution in [0.1, 0.15) is 30.1 Å². The number of ketones is 1. The minimum atomic E-state index is -0.231. The first-order valence-electron chi connectivity index (χ1n) is 5.29. The third-order valence-corrected chi connectivity index (χ3v) is 3.22. The lowest BCUT2D eigenvalue weighted by atomic mass is 9.78. The van der Waals surface area contributed by atoms with Crippen molar-refractivity contribution < 1.29 is 4.79 Å². The van der Waals surface area contributed by atoms with E-state index in [9.17, 15) is 4.79 Å². The summed E-state index contributed by atoms with van der Waals surface area (Å²) in [4.78, 5) is 20.1. The van der Waals surface area contributed by atoms with Gasteiger partial charge in [0.05, 0.1) is 5.56 Å². The molecule has 1 aromatic rings. The summed E-state index contributed by atoms with van der Waals surface area (Å²) in [6.45, 7) is 3.76. The van der Waals surface area contributed by atoms with Crippen LogP contribution in [0.15, 0.2) is 18.7 Å². The highest BCUT2D eigenvalue weighted by molar-refractivity contribution is 6.00. The Hall–Kier alpha value is -1.29. The highest BCUT2D eigenvalue weighted by Crippen LogP contribution is 2.32. The number of hydrogen-bond acceptors (Lipinski definition) is 4. The molecule has 4 heteroatoms. The molecule has 0 aromatic carbocycles. The van der Waals surface area contributed by atoms with E-state index in [1.807, 2.05) is 0 Å². The third-order valence-electron chi connectivity index (χ3n) is 3.22. The number of carbonyl (C=O) groups excluding carboxylic acids is 1. The van der Waals surface area contributed by atoms with Gasteiger partial charge in [0.25, 0.3) is 0 Å². The van der Waals surface area contributed by atoms with E-state index in [0.29, 0.717) is 5.56 Å². The number of carbonyl (C=O) groups is 1. The fourth-order valence-corrected chi connectivity index (χ4v) is 2.12. The average Bonchev–Trinajstić information content (AvgIpc) is 2.79. The van der Waals surface area contributed by atoms with Crippen molar-refractivity contribution >= 4 is 5.78 Å². The zero-order valence-corrected chi connectivity index (χ0v) is 8.86. The van der Waals surface area contributed by atoms with Gasteiger partial charge in [0, 0.05) is 24.4 Å². The quantitative estimate of drug-likeness (QED) is 0.749. The first-order chi connectivity index (χ1) is 7.28. The molecule has 1 unspecified atom stereocenters. The Morgan fingerprint density at radius 2 is 2.27 bits per heavy atom. The second-order valence-electron chi connectivity index (χ2n) is 4.02. The molecule has 0 saturated carbocycles. The Kier molecular flexibility index (Phi) is 2.77. The fourth-order valence-electron chi connectivity index (χ4n) is 2.12. The first-order valence-corrected chi connectivity index (χ1v) is 5.29. The largest absolute Gasteiger partial charge is 0.316 e. The maximum atomic E-state index is 12.3. The molecule has 2 heterocycles. The molecule has 1 aromatic heterocycles. The van der Waals surface area contributed by atoms with Crippen LogP contribution in [0.5, 0.6) is 0 Å². The molecule has 0 spiro atoms. The van der Waals surface area contributed by atoms with Gasteiger partial charge in [0.15, 0.2) is 5.78 Å². The van der Waals surface area contributed by atoms with Crippen LogP contribution in [0, 0.1) is 5.41 Å². The predicted molar refractivity (Wildman–Crippen MR) is 56.6 cm³/mol. The molecule has 0 bridgehead atoms. The number of nitrogens with one attached hydrogen (secondary N) is 1. The number of hydrogen-bond donors (Lipinski definition) is 1. The van der Waals surface area contributed by atoms with Crippen molar-refractivity contribution in [1.82, 2.24) is 15.3 Å². The van der Waals surface area contributed by atoms with E-state index in [2.05, 4.69) is 22.2 Å². The molecular weight excluding hydrogens is 190 g/mol.